The van der Waals surface area contributed by atoms with Crippen LogP contribution in [0.3, 0.4) is 0 Å². The molecular weight excluding hydrogens is 255 g/mol. The molecule has 0 bridgehead atoms. The number of halogens is 1. The third kappa shape index (κ3) is 2.50. The van der Waals surface area contributed by atoms with Crippen LogP contribution in [0.2, 0.25) is 0 Å². The van der Waals surface area contributed by atoms with Crippen molar-refractivity contribution in [1.82, 2.24) is 0 Å². The summed E-state index contributed by atoms with van der Waals surface area (Å²) in [6.45, 7) is 1.93. The second-order valence-corrected chi connectivity index (χ2v) is 4.56. The van der Waals surface area contributed by atoms with Crippen LogP contribution in [0.4, 0.5) is 15.8 Å². The molecule has 0 saturated carbocycles. The fourth-order valence-corrected chi connectivity index (χ4v) is 2.19. The number of hydrogen-bond donors (Lipinski definition) is 1. The Morgan fingerprint density at radius 1 is 1.15 bits per heavy atom. The van der Waals surface area contributed by atoms with Crippen LogP contribution >= 0.6 is 0 Å². The molecule has 2 rings (SSSR count). The van der Waals surface area contributed by atoms with E-state index >= 15 is 0 Å². The van der Waals surface area contributed by atoms with Crippen molar-refractivity contribution in [2.24, 2.45) is 0 Å². The molecule has 0 aliphatic heterocycles. The number of carbonyl (C=O) groups excluding carboxylic acids is 1. The first-order valence-corrected chi connectivity index (χ1v) is 6.36. The highest BCUT2D eigenvalue weighted by molar-refractivity contribution is 6.09. The van der Waals surface area contributed by atoms with Crippen LogP contribution < -0.4 is 10.2 Å². The Labute approximate surface area is 118 Å². The van der Waals surface area contributed by atoms with Crippen LogP contribution in [0.1, 0.15) is 15.9 Å². The largest absolute Gasteiger partial charge is 0.385 e. The lowest BCUT2D eigenvalue weighted by atomic mass is 10.1. The molecule has 0 fully saturated rings. The van der Waals surface area contributed by atoms with E-state index in [2.05, 4.69) is 5.32 Å². The standard InChI is InChI=1S/C16H17FN2O/c1-11-7-4-5-10-14(11)19(3)16(20)12-8-6-9-13(17)15(12)18-2/h4-10,18H,1-3H3. The zero-order chi connectivity index (χ0) is 14.7. The number of benzene rings is 2. The molecule has 1 N–H and O–H groups in total. The lowest BCUT2D eigenvalue weighted by Crippen LogP contribution is -2.27. The summed E-state index contributed by atoms with van der Waals surface area (Å²) < 4.78 is 13.7. The summed E-state index contributed by atoms with van der Waals surface area (Å²) in [7, 11) is 3.29. The highest BCUT2D eigenvalue weighted by atomic mass is 19.1. The van der Waals surface area contributed by atoms with Gasteiger partial charge in [0.1, 0.15) is 5.82 Å². The first-order valence-electron chi connectivity index (χ1n) is 6.36. The zero-order valence-electron chi connectivity index (χ0n) is 11.8. The Kier molecular flexibility index (Phi) is 4.03. The molecule has 0 aromatic heterocycles. The van der Waals surface area contributed by atoms with Crippen LogP contribution in [0.25, 0.3) is 0 Å². The van der Waals surface area contributed by atoms with E-state index in [0.29, 0.717) is 5.56 Å². The minimum absolute atomic E-state index is 0.220. The van der Waals surface area contributed by atoms with Gasteiger partial charge in [0.15, 0.2) is 0 Å². The highest BCUT2D eigenvalue weighted by Crippen LogP contribution is 2.24. The van der Waals surface area contributed by atoms with E-state index < -0.39 is 5.82 Å². The van der Waals surface area contributed by atoms with Crippen LogP contribution in [-0.4, -0.2) is 20.0 Å². The average Bonchev–Trinajstić information content (AvgIpc) is 2.46. The maximum atomic E-state index is 13.7. The van der Waals surface area contributed by atoms with Crippen molar-refractivity contribution in [3.05, 3.63) is 59.4 Å². The number of nitrogens with one attached hydrogen (secondary N) is 1. The smallest absolute Gasteiger partial charge is 0.260 e. The second-order valence-electron chi connectivity index (χ2n) is 4.56. The van der Waals surface area contributed by atoms with Crippen molar-refractivity contribution < 1.29 is 9.18 Å². The zero-order valence-corrected chi connectivity index (χ0v) is 11.8. The van der Waals surface area contributed by atoms with Gasteiger partial charge in [0.25, 0.3) is 5.91 Å². The molecule has 2 aromatic rings. The molecule has 4 heteroatoms. The summed E-state index contributed by atoms with van der Waals surface area (Å²) in [6, 6.07) is 12.1. The topological polar surface area (TPSA) is 32.3 Å². The third-order valence-electron chi connectivity index (χ3n) is 3.28. The predicted octanol–water partition coefficient (Wildman–Crippen LogP) is 3.45. The van der Waals surface area contributed by atoms with Gasteiger partial charge < -0.3 is 10.2 Å². The Morgan fingerprint density at radius 3 is 2.50 bits per heavy atom. The van der Waals surface area contributed by atoms with Crippen molar-refractivity contribution in [3.63, 3.8) is 0 Å². The van der Waals surface area contributed by atoms with Gasteiger partial charge in [0.2, 0.25) is 0 Å². The van der Waals surface area contributed by atoms with Crippen molar-refractivity contribution in [3.8, 4) is 0 Å². The third-order valence-corrected chi connectivity index (χ3v) is 3.28. The van der Waals surface area contributed by atoms with E-state index in [-0.39, 0.29) is 11.6 Å². The number of hydrogen-bond acceptors (Lipinski definition) is 2. The van der Waals surface area contributed by atoms with Crippen molar-refractivity contribution in [2.45, 2.75) is 6.92 Å². The van der Waals surface area contributed by atoms with Crippen LogP contribution in [-0.2, 0) is 0 Å². The molecule has 0 radical (unpaired) electrons. The van der Waals surface area contributed by atoms with Gasteiger partial charge >= 0.3 is 0 Å². The van der Waals surface area contributed by atoms with Gasteiger partial charge in [-0.3, -0.25) is 4.79 Å². The van der Waals surface area contributed by atoms with Gasteiger partial charge in [-0.2, -0.15) is 0 Å². The van der Waals surface area contributed by atoms with Crippen molar-refractivity contribution in [1.29, 1.82) is 0 Å². The summed E-state index contributed by atoms with van der Waals surface area (Å²) in [5.74, 6) is -0.681. The Morgan fingerprint density at radius 2 is 1.85 bits per heavy atom. The van der Waals surface area contributed by atoms with Crippen molar-refractivity contribution in [2.75, 3.05) is 24.3 Å². The molecule has 104 valence electrons. The number of para-hydroxylation sites is 2. The maximum absolute atomic E-state index is 13.7. The normalized spacial score (nSPS) is 10.2. The molecular formula is C16H17FN2O. The van der Waals surface area contributed by atoms with Gasteiger partial charge in [0, 0.05) is 19.8 Å². The Hall–Kier alpha value is -2.36. The number of carbonyl (C=O) groups is 1. The van der Waals surface area contributed by atoms with Gasteiger partial charge in [0.05, 0.1) is 11.3 Å². The lowest BCUT2D eigenvalue weighted by molar-refractivity contribution is 0.0993. The molecule has 3 nitrogen and oxygen atoms in total. The predicted molar refractivity (Wildman–Crippen MR) is 79.9 cm³/mol. The molecule has 0 aliphatic rings. The fourth-order valence-electron chi connectivity index (χ4n) is 2.19. The summed E-state index contributed by atoms with van der Waals surface area (Å²) in [5, 5.41) is 2.74. The van der Waals surface area contributed by atoms with Crippen LogP contribution in [0, 0.1) is 12.7 Å². The molecule has 2 aromatic carbocycles. The Balaban J connectivity index is 2.42. The van der Waals surface area contributed by atoms with E-state index in [9.17, 15) is 9.18 Å². The fraction of sp³-hybridized carbons (Fsp3) is 0.188. The first kappa shape index (κ1) is 14.1. The summed E-state index contributed by atoms with van der Waals surface area (Å²) in [4.78, 5) is 14.1. The summed E-state index contributed by atoms with van der Waals surface area (Å²) >= 11 is 0. The Bertz CT molecular complexity index is 640. The van der Waals surface area contributed by atoms with Gasteiger partial charge in [-0.05, 0) is 30.7 Å². The minimum atomic E-state index is -0.434. The van der Waals surface area contributed by atoms with E-state index in [1.165, 1.54) is 17.0 Å². The molecule has 0 saturated heterocycles. The molecule has 0 aliphatic carbocycles. The van der Waals surface area contributed by atoms with Gasteiger partial charge in [-0.25, -0.2) is 4.39 Å². The maximum Gasteiger partial charge on any atom is 0.260 e. The van der Waals surface area contributed by atoms with Crippen LogP contribution in [0.5, 0.6) is 0 Å². The number of rotatable bonds is 3. The van der Waals surface area contributed by atoms with Gasteiger partial charge in [-0.15, -0.1) is 0 Å². The average molecular weight is 272 g/mol. The number of amides is 1. The molecule has 1 amide bonds. The second kappa shape index (κ2) is 5.74. The lowest BCUT2D eigenvalue weighted by Gasteiger charge is -2.21. The molecule has 0 unspecified atom stereocenters. The number of aryl methyl sites for hydroxylation is 1. The van der Waals surface area contributed by atoms with E-state index in [1.807, 2.05) is 31.2 Å². The SMILES string of the molecule is CNc1c(F)cccc1C(=O)N(C)c1ccccc1C. The van der Waals surface area contributed by atoms with E-state index in [0.717, 1.165) is 11.3 Å². The highest BCUT2D eigenvalue weighted by Gasteiger charge is 2.19. The van der Waals surface area contributed by atoms with E-state index in [4.69, 9.17) is 0 Å². The summed E-state index contributed by atoms with van der Waals surface area (Å²) in [5.41, 5.74) is 2.34. The van der Waals surface area contributed by atoms with Crippen LogP contribution in [0.15, 0.2) is 42.5 Å². The monoisotopic (exact) mass is 272 g/mol. The quantitative estimate of drug-likeness (QED) is 0.928. The molecule has 20 heavy (non-hydrogen) atoms. The number of anilines is 2. The van der Waals surface area contributed by atoms with E-state index in [1.54, 1.807) is 20.2 Å². The molecule has 0 spiro atoms. The van der Waals surface area contributed by atoms with Crippen molar-refractivity contribution >= 4 is 17.3 Å². The summed E-state index contributed by atoms with van der Waals surface area (Å²) in [6.07, 6.45) is 0. The number of nitrogens with zero attached hydrogens (tertiary/aromatic N) is 1. The van der Waals surface area contributed by atoms with Gasteiger partial charge in [-0.1, -0.05) is 24.3 Å². The first-order chi connectivity index (χ1) is 9.56. The molecule has 0 heterocycles. The molecule has 0 atom stereocenters. The minimum Gasteiger partial charge on any atom is -0.385 e.